The fourth-order valence-electron chi connectivity index (χ4n) is 2.63. The average molecular weight is 411 g/mol. The Morgan fingerprint density at radius 2 is 2.00 bits per heavy atom. The van der Waals surface area contributed by atoms with Crippen molar-refractivity contribution in [2.24, 2.45) is 7.05 Å². The number of nitrogens with zero attached hydrogens (tertiary/aromatic N) is 2. The highest BCUT2D eigenvalue weighted by molar-refractivity contribution is 7.89. The molecule has 0 radical (unpaired) electrons. The molecular weight excluding hydrogens is 392 g/mol. The molecule has 8 heteroatoms. The Hall–Kier alpha value is -1.80. The van der Waals surface area contributed by atoms with Gasteiger partial charge in [-0.25, -0.2) is 8.42 Å². The number of hydrogen-bond acceptors (Lipinski definition) is 4. The van der Waals surface area contributed by atoms with Gasteiger partial charge < -0.3 is 9.30 Å². The molecule has 1 aromatic carbocycles. The Kier molecular flexibility index (Phi) is 5.72. The monoisotopic (exact) mass is 410 g/mol. The Bertz CT molecular complexity index is 982. The van der Waals surface area contributed by atoms with Crippen LogP contribution in [0.2, 0.25) is 5.02 Å². The summed E-state index contributed by atoms with van der Waals surface area (Å²) >= 11 is 7.58. The summed E-state index contributed by atoms with van der Waals surface area (Å²) in [5.74, 6) is 0.275. The number of methoxy groups -OCH3 is 1. The number of aromatic nitrogens is 1. The second kappa shape index (κ2) is 7.84. The molecule has 0 saturated heterocycles. The van der Waals surface area contributed by atoms with Gasteiger partial charge in [-0.2, -0.15) is 4.31 Å². The summed E-state index contributed by atoms with van der Waals surface area (Å²) in [4.78, 5) is 1.03. The van der Waals surface area contributed by atoms with Crippen LogP contribution < -0.4 is 4.74 Å². The van der Waals surface area contributed by atoms with Crippen molar-refractivity contribution in [3.05, 3.63) is 69.6 Å². The zero-order valence-corrected chi connectivity index (χ0v) is 16.8. The van der Waals surface area contributed by atoms with Crippen molar-refractivity contribution in [2.45, 2.75) is 18.0 Å². The molecule has 0 unspecified atom stereocenters. The predicted octanol–water partition coefficient (Wildman–Crippen LogP) is 4.14. The molecule has 0 N–H and O–H groups in total. The number of benzene rings is 1. The molecule has 3 rings (SSSR count). The summed E-state index contributed by atoms with van der Waals surface area (Å²) in [5.41, 5.74) is 0.895. The zero-order chi connectivity index (χ0) is 18.7. The maximum absolute atomic E-state index is 13.4. The molecule has 2 aromatic heterocycles. The molecule has 0 atom stereocenters. The van der Waals surface area contributed by atoms with Crippen LogP contribution in [0.4, 0.5) is 0 Å². The van der Waals surface area contributed by atoms with Gasteiger partial charge >= 0.3 is 0 Å². The van der Waals surface area contributed by atoms with Crippen molar-refractivity contribution >= 4 is 33.0 Å². The van der Waals surface area contributed by atoms with Crippen molar-refractivity contribution in [3.63, 3.8) is 0 Å². The largest absolute Gasteiger partial charge is 0.495 e. The van der Waals surface area contributed by atoms with E-state index in [0.717, 1.165) is 10.6 Å². The van der Waals surface area contributed by atoms with Gasteiger partial charge in [0.2, 0.25) is 10.0 Å². The number of thiophene rings is 1. The van der Waals surface area contributed by atoms with Gasteiger partial charge in [-0.15, -0.1) is 11.3 Å². The lowest BCUT2D eigenvalue weighted by Crippen LogP contribution is -2.31. The second-order valence-electron chi connectivity index (χ2n) is 5.76. The lowest BCUT2D eigenvalue weighted by molar-refractivity contribution is 0.380. The number of aryl methyl sites for hydroxylation is 1. The molecule has 0 aliphatic rings. The Morgan fingerprint density at radius 3 is 2.62 bits per heavy atom. The van der Waals surface area contributed by atoms with Gasteiger partial charge in [0.15, 0.2) is 0 Å². The van der Waals surface area contributed by atoms with Crippen molar-refractivity contribution < 1.29 is 13.2 Å². The molecule has 0 fully saturated rings. The smallest absolute Gasteiger partial charge is 0.247 e. The summed E-state index contributed by atoms with van der Waals surface area (Å²) in [6.45, 7) is 0.528. The normalized spacial score (nSPS) is 11.8. The maximum atomic E-state index is 13.4. The third-order valence-electron chi connectivity index (χ3n) is 4.05. The number of rotatable bonds is 7. The van der Waals surface area contributed by atoms with Crippen molar-refractivity contribution in [1.82, 2.24) is 8.87 Å². The molecule has 0 bridgehead atoms. The van der Waals surface area contributed by atoms with E-state index in [2.05, 4.69) is 0 Å². The van der Waals surface area contributed by atoms with Crippen molar-refractivity contribution in [1.29, 1.82) is 0 Å². The van der Waals surface area contributed by atoms with E-state index >= 15 is 0 Å². The van der Waals surface area contributed by atoms with Crippen LogP contribution in [0.1, 0.15) is 10.6 Å². The first-order valence-electron chi connectivity index (χ1n) is 7.88. The highest BCUT2D eigenvalue weighted by Crippen LogP contribution is 2.31. The average Bonchev–Trinajstić information content (AvgIpc) is 3.26. The standard InChI is InChI=1S/C18H19ClN2O3S2/c1-20-9-3-5-15(20)12-21(13-16-6-4-10-25-16)26(22,23)18-11-14(19)7-8-17(18)24-2/h3-11H,12-13H2,1-2H3. The Labute approximate surface area is 162 Å². The number of halogens is 1. The molecule has 2 heterocycles. The molecule has 5 nitrogen and oxygen atoms in total. The third-order valence-corrected chi connectivity index (χ3v) is 6.95. The van der Waals surface area contributed by atoms with Crippen LogP contribution in [0.5, 0.6) is 5.75 Å². The van der Waals surface area contributed by atoms with E-state index in [-0.39, 0.29) is 23.7 Å². The van der Waals surface area contributed by atoms with Gasteiger partial charge in [0.05, 0.1) is 13.7 Å². The summed E-state index contributed by atoms with van der Waals surface area (Å²) in [6.07, 6.45) is 1.89. The maximum Gasteiger partial charge on any atom is 0.247 e. The van der Waals surface area contributed by atoms with E-state index in [4.69, 9.17) is 16.3 Å². The molecule has 0 spiro atoms. The van der Waals surface area contributed by atoms with Gasteiger partial charge in [-0.05, 0) is 41.8 Å². The van der Waals surface area contributed by atoms with Crippen LogP contribution in [0.25, 0.3) is 0 Å². The second-order valence-corrected chi connectivity index (χ2v) is 9.13. The first-order chi connectivity index (χ1) is 12.4. The van der Waals surface area contributed by atoms with Crippen LogP contribution in [0.3, 0.4) is 0 Å². The highest BCUT2D eigenvalue weighted by atomic mass is 35.5. The molecule has 0 aliphatic carbocycles. The molecule has 26 heavy (non-hydrogen) atoms. The zero-order valence-electron chi connectivity index (χ0n) is 14.4. The van der Waals surface area contributed by atoms with Crippen molar-refractivity contribution in [3.8, 4) is 5.75 Å². The highest BCUT2D eigenvalue weighted by Gasteiger charge is 2.29. The van der Waals surface area contributed by atoms with Crippen molar-refractivity contribution in [2.75, 3.05) is 7.11 Å². The molecule has 0 saturated carbocycles. The summed E-state index contributed by atoms with van der Waals surface area (Å²) in [7, 11) is -0.476. The van der Waals surface area contributed by atoms with E-state index in [1.165, 1.54) is 28.8 Å². The van der Waals surface area contributed by atoms with E-state index in [0.29, 0.717) is 5.02 Å². The lowest BCUT2D eigenvalue weighted by Gasteiger charge is -2.23. The number of ether oxygens (including phenoxy) is 1. The molecular formula is C18H19ClN2O3S2. The fraction of sp³-hybridized carbons (Fsp3) is 0.222. The predicted molar refractivity (Wildman–Crippen MR) is 104 cm³/mol. The van der Waals surface area contributed by atoms with E-state index in [1.807, 2.05) is 47.5 Å². The third kappa shape index (κ3) is 3.96. The van der Waals surface area contributed by atoms with E-state index in [9.17, 15) is 8.42 Å². The SMILES string of the molecule is COc1ccc(Cl)cc1S(=O)(=O)N(Cc1cccs1)Cc1cccn1C. The Morgan fingerprint density at radius 1 is 1.19 bits per heavy atom. The Balaban J connectivity index is 2.04. The van der Waals surface area contributed by atoms with E-state index in [1.54, 1.807) is 12.1 Å². The molecule has 0 aliphatic heterocycles. The van der Waals surface area contributed by atoms with Crippen LogP contribution in [0.15, 0.2) is 58.9 Å². The topological polar surface area (TPSA) is 51.5 Å². The van der Waals surface area contributed by atoms with E-state index < -0.39 is 10.0 Å². The quantitative estimate of drug-likeness (QED) is 0.588. The number of sulfonamides is 1. The van der Waals surface area contributed by atoms with Crippen LogP contribution >= 0.6 is 22.9 Å². The number of hydrogen-bond donors (Lipinski definition) is 0. The fourth-order valence-corrected chi connectivity index (χ4v) is 5.24. The summed E-state index contributed by atoms with van der Waals surface area (Å²) in [5, 5.41) is 2.28. The minimum atomic E-state index is -3.82. The molecule has 3 aromatic rings. The minimum absolute atomic E-state index is 0.0678. The molecule has 138 valence electrons. The minimum Gasteiger partial charge on any atom is -0.495 e. The first-order valence-corrected chi connectivity index (χ1v) is 10.6. The van der Waals surface area contributed by atoms with Gasteiger partial charge in [-0.1, -0.05) is 17.7 Å². The first kappa shape index (κ1) is 19.0. The summed E-state index contributed by atoms with van der Waals surface area (Å²) in [6, 6.07) is 12.3. The molecule has 0 amide bonds. The van der Waals surface area contributed by atoms with Gasteiger partial charge in [0.1, 0.15) is 10.6 Å². The van der Waals surface area contributed by atoms with Crippen LogP contribution in [-0.4, -0.2) is 24.4 Å². The van der Waals surface area contributed by atoms with Gasteiger partial charge in [0, 0.05) is 35.4 Å². The lowest BCUT2D eigenvalue weighted by atomic mass is 10.3. The van der Waals surface area contributed by atoms with Gasteiger partial charge in [-0.3, -0.25) is 0 Å². The van der Waals surface area contributed by atoms with Crippen LogP contribution in [0, 0.1) is 0 Å². The van der Waals surface area contributed by atoms with Crippen LogP contribution in [-0.2, 0) is 30.2 Å². The van der Waals surface area contributed by atoms with Gasteiger partial charge in [0.25, 0.3) is 0 Å². The summed E-state index contributed by atoms with van der Waals surface area (Å²) < 4.78 is 35.4.